The van der Waals surface area contributed by atoms with Crippen LogP contribution in [0.3, 0.4) is 0 Å². The molecule has 1 aromatic heterocycles. The molecule has 3 rings (SSSR count). The number of ether oxygens (including phenoxy) is 1. The third kappa shape index (κ3) is 9.05. The lowest BCUT2D eigenvalue weighted by molar-refractivity contribution is -0.139. The molecule has 0 saturated carbocycles. The Morgan fingerprint density at radius 2 is 2.03 bits per heavy atom. The van der Waals surface area contributed by atoms with Crippen LogP contribution in [0.1, 0.15) is 60.6 Å². The molecule has 0 saturated heterocycles. The van der Waals surface area contributed by atoms with Crippen molar-refractivity contribution in [3.63, 3.8) is 0 Å². The number of aryl methyl sites for hydroxylation is 2. The van der Waals surface area contributed by atoms with Crippen molar-refractivity contribution in [3.8, 4) is 5.75 Å². The molecule has 0 unspecified atom stereocenters. The van der Waals surface area contributed by atoms with Crippen molar-refractivity contribution in [2.75, 3.05) is 26.7 Å². The first-order valence-corrected chi connectivity index (χ1v) is 14.3. The molecular weight excluding hydrogens is 518 g/mol. The smallest absolute Gasteiger partial charge is 0.255 e. The van der Waals surface area contributed by atoms with Gasteiger partial charge in [-0.15, -0.1) is 11.3 Å². The second-order valence-corrected chi connectivity index (χ2v) is 11.1. The largest absolute Gasteiger partial charge is 0.491 e. The molecule has 0 spiro atoms. The van der Waals surface area contributed by atoms with Gasteiger partial charge in [0.15, 0.2) is 0 Å². The van der Waals surface area contributed by atoms with E-state index in [0.29, 0.717) is 25.1 Å². The number of para-hydroxylation sites is 1. The molecule has 0 bridgehead atoms. The molecule has 1 aliphatic heterocycles. The van der Waals surface area contributed by atoms with Gasteiger partial charge < -0.3 is 25.6 Å². The summed E-state index contributed by atoms with van der Waals surface area (Å²) in [6.45, 7) is 6.70. The lowest BCUT2D eigenvalue weighted by Crippen LogP contribution is -2.50. The zero-order chi connectivity index (χ0) is 28.4. The molecule has 0 fully saturated rings. The number of hydrogen-bond acceptors (Lipinski definition) is 7. The van der Waals surface area contributed by atoms with Gasteiger partial charge in [0, 0.05) is 37.5 Å². The monoisotopic (exact) mass is 557 g/mol. The summed E-state index contributed by atoms with van der Waals surface area (Å²) >= 11 is 1.59. The number of hydrogen-bond donors (Lipinski definition) is 3. The summed E-state index contributed by atoms with van der Waals surface area (Å²) in [7, 11) is 1.60. The fourth-order valence-corrected chi connectivity index (χ4v) is 5.15. The maximum absolute atomic E-state index is 13.2. The Bertz CT molecular complexity index is 1150. The Balaban J connectivity index is 1.76. The maximum Gasteiger partial charge on any atom is 0.255 e. The minimum Gasteiger partial charge on any atom is -0.491 e. The van der Waals surface area contributed by atoms with Gasteiger partial charge in [0.05, 0.1) is 17.1 Å². The van der Waals surface area contributed by atoms with Crippen LogP contribution in [-0.4, -0.2) is 72.3 Å². The number of aromatic nitrogens is 1. The summed E-state index contributed by atoms with van der Waals surface area (Å²) in [6, 6.07) is 5.16. The van der Waals surface area contributed by atoms with E-state index < -0.39 is 18.0 Å². The third-order valence-electron chi connectivity index (χ3n) is 6.45. The van der Waals surface area contributed by atoms with Crippen LogP contribution in [-0.2, 0) is 20.8 Å². The maximum atomic E-state index is 13.2. The molecule has 1 aromatic carbocycles. The summed E-state index contributed by atoms with van der Waals surface area (Å²) in [6.07, 6.45) is 2.02. The Hall–Kier alpha value is -3.47. The van der Waals surface area contributed by atoms with Gasteiger partial charge >= 0.3 is 0 Å². The van der Waals surface area contributed by atoms with Gasteiger partial charge in [-0.1, -0.05) is 26.0 Å². The predicted octanol–water partition coefficient (Wildman–Crippen LogP) is 2.46. The van der Waals surface area contributed by atoms with Crippen molar-refractivity contribution in [3.05, 3.63) is 45.9 Å². The topological polar surface area (TPSA) is 130 Å². The van der Waals surface area contributed by atoms with Crippen LogP contribution in [0.15, 0.2) is 29.6 Å². The minimum atomic E-state index is -0.937. The molecule has 39 heavy (non-hydrogen) atoms. The number of amides is 4. The van der Waals surface area contributed by atoms with Crippen molar-refractivity contribution in [1.29, 1.82) is 0 Å². The van der Waals surface area contributed by atoms with Crippen molar-refractivity contribution < 1.29 is 23.9 Å². The molecule has 2 heterocycles. The van der Waals surface area contributed by atoms with Gasteiger partial charge in [-0.3, -0.25) is 19.2 Å². The first-order valence-electron chi connectivity index (χ1n) is 13.4. The zero-order valence-electron chi connectivity index (χ0n) is 23.1. The molecule has 0 radical (unpaired) electrons. The summed E-state index contributed by atoms with van der Waals surface area (Å²) in [4.78, 5) is 58.3. The van der Waals surface area contributed by atoms with Gasteiger partial charge in [-0.2, -0.15) is 0 Å². The lowest BCUT2D eigenvalue weighted by atomic mass is 10.0. The summed E-state index contributed by atoms with van der Waals surface area (Å²) < 4.78 is 5.80. The van der Waals surface area contributed by atoms with Crippen molar-refractivity contribution in [2.24, 2.45) is 5.92 Å². The van der Waals surface area contributed by atoms with Crippen molar-refractivity contribution >= 4 is 35.0 Å². The molecule has 10 nitrogen and oxygen atoms in total. The molecule has 2 aromatic rings. The number of rotatable bonds is 7. The number of thiazole rings is 1. The summed E-state index contributed by atoms with van der Waals surface area (Å²) in [5, 5.41) is 11.5. The van der Waals surface area contributed by atoms with E-state index in [0.717, 1.165) is 17.1 Å². The zero-order valence-corrected chi connectivity index (χ0v) is 23.9. The lowest BCUT2D eigenvalue weighted by Gasteiger charge is -2.29. The van der Waals surface area contributed by atoms with Crippen LogP contribution in [0.5, 0.6) is 5.75 Å². The number of likely N-dealkylation sites (N-methyl/N-ethyl adjacent to an activating group) is 1. The average molecular weight is 558 g/mol. The van der Waals surface area contributed by atoms with Crippen LogP contribution in [0.25, 0.3) is 0 Å². The van der Waals surface area contributed by atoms with Crippen molar-refractivity contribution in [1.82, 2.24) is 25.8 Å². The normalized spacial score (nSPS) is 19.3. The van der Waals surface area contributed by atoms with Crippen molar-refractivity contribution in [2.45, 2.75) is 65.0 Å². The molecular formula is C28H39N5O5S. The van der Waals surface area contributed by atoms with Gasteiger partial charge in [-0.05, 0) is 44.2 Å². The van der Waals surface area contributed by atoms with E-state index in [1.165, 1.54) is 4.90 Å². The number of fused-ring (bicyclic) bond motifs is 1. The van der Waals surface area contributed by atoms with E-state index in [4.69, 9.17) is 4.74 Å². The minimum absolute atomic E-state index is 0.00667. The van der Waals surface area contributed by atoms with Crippen LogP contribution >= 0.6 is 11.3 Å². The SMILES string of the molecule is Cc1csc(CCCNC(=O)[C@@H]2CCC(=O)N(C)[C@@H](CC(C)C)C(=O)NCCOc3ccccc3C(=O)N2)n1. The summed E-state index contributed by atoms with van der Waals surface area (Å²) in [5.74, 6) is -0.829. The van der Waals surface area contributed by atoms with Gasteiger partial charge in [-0.25, -0.2) is 4.98 Å². The van der Waals surface area contributed by atoms with E-state index in [1.54, 1.807) is 42.6 Å². The fourth-order valence-electron chi connectivity index (χ4n) is 4.34. The van der Waals surface area contributed by atoms with E-state index in [-0.39, 0.29) is 55.2 Å². The van der Waals surface area contributed by atoms with Gasteiger partial charge in [0.25, 0.3) is 5.91 Å². The van der Waals surface area contributed by atoms with E-state index in [1.807, 2.05) is 26.2 Å². The molecule has 0 aliphatic carbocycles. The van der Waals surface area contributed by atoms with Gasteiger partial charge in [0.2, 0.25) is 17.7 Å². The molecule has 2 atom stereocenters. The van der Waals surface area contributed by atoms with Crippen LogP contribution in [0, 0.1) is 12.8 Å². The highest BCUT2D eigenvalue weighted by molar-refractivity contribution is 7.09. The van der Waals surface area contributed by atoms with E-state index >= 15 is 0 Å². The van der Waals surface area contributed by atoms with Crippen LogP contribution in [0.2, 0.25) is 0 Å². The Morgan fingerprint density at radius 3 is 2.74 bits per heavy atom. The van der Waals surface area contributed by atoms with E-state index in [9.17, 15) is 19.2 Å². The predicted molar refractivity (Wildman–Crippen MR) is 150 cm³/mol. The third-order valence-corrected chi connectivity index (χ3v) is 7.48. The number of nitrogens with zero attached hydrogens (tertiary/aromatic N) is 2. The van der Waals surface area contributed by atoms with Crippen LogP contribution < -0.4 is 20.7 Å². The van der Waals surface area contributed by atoms with E-state index in [2.05, 4.69) is 20.9 Å². The fraction of sp³-hybridized carbons (Fsp3) is 0.536. The second kappa shape index (κ2) is 14.6. The Labute approximate surface area is 233 Å². The second-order valence-electron chi connectivity index (χ2n) is 10.1. The molecule has 3 N–H and O–H groups in total. The quantitative estimate of drug-likeness (QED) is 0.449. The number of carbonyl (C=O) groups is 4. The number of nitrogens with one attached hydrogen (secondary N) is 3. The number of benzene rings is 1. The summed E-state index contributed by atoms with van der Waals surface area (Å²) in [5.41, 5.74) is 1.25. The standard InChI is InChI=1S/C28H39N5O5S/c1-18(2)16-22-28(37)30-14-15-38-23-9-6-5-8-20(23)26(35)32-21(11-12-25(34)33(22)4)27(36)29-13-7-10-24-31-19(3)17-39-24/h5-6,8-9,17-18,21-22H,7,10-16H2,1-4H3,(H,29,36)(H,30,37)(H,32,35)/t21-,22-/m0/s1. The molecule has 11 heteroatoms. The first kappa shape index (κ1) is 30.1. The molecule has 212 valence electrons. The van der Waals surface area contributed by atoms with Crippen LogP contribution in [0.4, 0.5) is 0 Å². The Morgan fingerprint density at radius 1 is 1.26 bits per heavy atom. The first-order chi connectivity index (χ1) is 18.7. The molecule has 4 amide bonds. The highest BCUT2D eigenvalue weighted by Gasteiger charge is 2.30. The van der Waals surface area contributed by atoms with Gasteiger partial charge in [0.1, 0.15) is 24.4 Å². The highest BCUT2D eigenvalue weighted by Crippen LogP contribution is 2.19. The average Bonchev–Trinajstić information content (AvgIpc) is 3.33. The Kier molecular flexibility index (Phi) is 11.3. The number of carbonyl (C=O) groups excluding carboxylic acids is 4. The highest BCUT2D eigenvalue weighted by atomic mass is 32.1. The molecule has 1 aliphatic rings.